The molecule has 3 aromatic rings. The van der Waals surface area contributed by atoms with Crippen molar-refractivity contribution in [2.75, 3.05) is 18.0 Å². The summed E-state index contributed by atoms with van der Waals surface area (Å²) in [7, 11) is 0. The number of nitrogens with zero attached hydrogens (tertiary/aromatic N) is 2. The van der Waals surface area contributed by atoms with Gasteiger partial charge in [0.1, 0.15) is 11.3 Å². The largest absolute Gasteiger partial charge is 0.372 e. The molecular formula is C18H18ClN3. The van der Waals surface area contributed by atoms with Crippen LogP contribution in [-0.4, -0.2) is 23.1 Å². The van der Waals surface area contributed by atoms with Gasteiger partial charge >= 0.3 is 0 Å². The number of halogens is 1. The van der Waals surface area contributed by atoms with E-state index in [1.165, 1.54) is 31.6 Å². The maximum atomic E-state index is 6.29. The van der Waals surface area contributed by atoms with Gasteiger partial charge in [-0.15, -0.1) is 0 Å². The van der Waals surface area contributed by atoms with Gasteiger partial charge in [-0.05, 0) is 61.7 Å². The number of benzene rings is 2. The number of H-pyrrole nitrogens is 1. The fraction of sp³-hybridized carbons (Fsp3) is 0.278. The molecule has 1 N–H and O–H groups in total. The van der Waals surface area contributed by atoms with Gasteiger partial charge in [0, 0.05) is 24.3 Å². The van der Waals surface area contributed by atoms with Crippen molar-refractivity contribution >= 4 is 28.3 Å². The minimum Gasteiger partial charge on any atom is -0.372 e. The van der Waals surface area contributed by atoms with E-state index in [1.807, 2.05) is 13.0 Å². The third kappa shape index (κ3) is 2.35. The highest BCUT2D eigenvalue weighted by molar-refractivity contribution is 6.35. The van der Waals surface area contributed by atoms with Crippen LogP contribution < -0.4 is 4.90 Å². The Kier molecular flexibility index (Phi) is 3.30. The smallest absolute Gasteiger partial charge is 0.138 e. The van der Waals surface area contributed by atoms with Crippen LogP contribution in [0.1, 0.15) is 18.4 Å². The Morgan fingerprint density at radius 3 is 2.55 bits per heavy atom. The lowest BCUT2D eigenvalue weighted by Crippen LogP contribution is -2.17. The topological polar surface area (TPSA) is 31.9 Å². The van der Waals surface area contributed by atoms with Crippen molar-refractivity contribution in [2.24, 2.45) is 0 Å². The molecule has 0 atom stereocenters. The molecule has 3 nitrogen and oxygen atoms in total. The van der Waals surface area contributed by atoms with Gasteiger partial charge in [-0.25, -0.2) is 4.98 Å². The van der Waals surface area contributed by atoms with E-state index < -0.39 is 0 Å². The van der Waals surface area contributed by atoms with Crippen molar-refractivity contribution in [3.63, 3.8) is 0 Å². The molecule has 0 spiro atoms. The van der Waals surface area contributed by atoms with Gasteiger partial charge < -0.3 is 9.88 Å². The predicted molar refractivity (Wildman–Crippen MR) is 92.7 cm³/mol. The second kappa shape index (κ2) is 5.33. The zero-order valence-electron chi connectivity index (χ0n) is 12.6. The molecule has 0 amide bonds. The first-order valence-corrected chi connectivity index (χ1v) is 8.10. The third-order valence-electron chi connectivity index (χ3n) is 4.30. The van der Waals surface area contributed by atoms with Crippen molar-refractivity contribution in [1.82, 2.24) is 9.97 Å². The SMILES string of the molecule is Cc1cc(Cl)c2nc(-c3ccc(N4CCCC4)cc3)[nH]c2c1. The highest BCUT2D eigenvalue weighted by atomic mass is 35.5. The Hall–Kier alpha value is -2.00. The third-order valence-corrected chi connectivity index (χ3v) is 4.58. The molecule has 22 heavy (non-hydrogen) atoms. The van der Waals surface area contributed by atoms with E-state index in [2.05, 4.69) is 45.2 Å². The Bertz CT molecular complexity index is 814. The summed E-state index contributed by atoms with van der Waals surface area (Å²) in [6, 6.07) is 12.7. The van der Waals surface area contributed by atoms with Crippen molar-refractivity contribution in [2.45, 2.75) is 19.8 Å². The number of aromatic nitrogens is 2. The van der Waals surface area contributed by atoms with Gasteiger partial charge in [0.25, 0.3) is 0 Å². The summed E-state index contributed by atoms with van der Waals surface area (Å²) in [5, 5.41) is 0.700. The van der Waals surface area contributed by atoms with E-state index in [4.69, 9.17) is 11.6 Å². The van der Waals surface area contributed by atoms with E-state index in [0.717, 1.165) is 28.0 Å². The molecule has 0 bridgehead atoms. The molecule has 1 fully saturated rings. The number of nitrogens with one attached hydrogen (secondary N) is 1. The molecule has 4 heteroatoms. The highest BCUT2D eigenvalue weighted by Crippen LogP contribution is 2.28. The van der Waals surface area contributed by atoms with Crippen LogP contribution in [0.4, 0.5) is 5.69 Å². The Labute approximate surface area is 134 Å². The summed E-state index contributed by atoms with van der Waals surface area (Å²) in [5.41, 5.74) is 5.35. The average molecular weight is 312 g/mol. The number of hydrogen-bond acceptors (Lipinski definition) is 2. The lowest BCUT2D eigenvalue weighted by molar-refractivity contribution is 0.949. The lowest BCUT2D eigenvalue weighted by Gasteiger charge is -2.17. The quantitative estimate of drug-likeness (QED) is 0.737. The van der Waals surface area contributed by atoms with Gasteiger partial charge in [0.05, 0.1) is 10.5 Å². The van der Waals surface area contributed by atoms with E-state index in [1.54, 1.807) is 0 Å². The fourth-order valence-corrected chi connectivity index (χ4v) is 3.47. The van der Waals surface area contributed by atoms with Crippen molar-refractivity contribution in [3.05, 3.63) is 47.0 Å². The number of rotatable bonds is 2. The summed E-state index contributed by atoms with van der Waals surface area (Å²) >= 11 is 6.29. The van der Waals surface area contributed by atoms with Crippen LogP contribution in [0, 0.1) is 6.92 Å². The van der Waals surface area contributed by atoms with Crippen LogP contribution in [0.15, 0.2) is 36.4 Å². The fourth-order valence-electron chi connectivity index (χ4n) is 3.15. The van der Waals surface area contributed by atoms with Crippen LogP contribution in [-0.2, 0) is 0 Å². The normalized spacial score (nSPS) is 14.9. The predicted octanol–water partition coefficient (Wildman–Crippen LogP) is 4.79. The summed E-state index contributed by atoms with van der Waals surface area (Å²) in [6.45, 7) is 4.37. The van der Waals surface area contributed by atoms with Crippen LogP contribution in [0.25, 0.3) is 22.4 Å². The van der Waals surface area contributed by atoms with Crippen molar-refractivity contribution < 1.29 is 0 Å². The Balaban J connectivity index is 1.70. The van der Waals surface area contributed by atoms with Crippen molar-refractivity contribution in [3.8, 4) is 11.4 Å². The molecule has 0 radical (unpaired) electrons. The maximum absolute atomic E-state index is 6.29. The van der Waals surface area contributed by atoms with E-state index >= 15 is 0 Å². The van der Waals surface area contributed by atoms with Crippen LogP contribution in [0.3, 0.4) is 0 Å². The molecule has 1 aliphatic heterocycles. The molecule has 112 valence electrons. The van der Waals surface area contributed by atoms with Gasteiger partial charge in [-0.3, -0.25) is 0 Å². The van der Waals surface area contributed by atoms with Gasteiger partial charge in [0.15, 0.2) is 0 Å². The molecule has 1 aliphatic rings. The standard InChI is InChI=1S/C18H18ClN3/c1-12-10-15(19)17-16(11-12)20-18(21-17)13-4-6-14(7-5-13)22-8-2-3-9-22/h4-7,10-11H,2-3,8-9H2,1H3,(H,20,21). The first-order chi connectivity index (χ1) is 10.7. The zero-order chi connectivity index (χ0) is 15.1. The molecule has 2 heterocycles. The lowest BCUT2D eigenvalue weighted by atomic mass is 10.2. The average Bonchev–Trinajstić information content (AvgIpc) is 3.16. The number of imidazole rings is 1. The number of hydrogen-bond donors (Lipinski definition) is 1. The van der Waals surface area contributed by atoms with E-state index in [0.29, 0.717) is 5.02 Å². The van der Waals surface area contributed by atoms with Gasteiger partial charge in [-0.1, -0.05) is 11.6 Å². The second-order valence-electron chi connectivity index (χ2n) is 5.97. The summed E-state index contributed by atoms with van der Waals surface area (Å²) in [4.78, 5) is 10.5. The molecule has 4 rings (SSSR count). The molecule has 1 aromatic heterocycles. The first kappa shape index (κ1) is 13.6. The minimum atomic E-state index is 0.700. The molecule has 2 aromatic carbocycles. The van der Waals surface area contributed by atoms with Crippen LogP contribution >= 0.6 is 11.6 Å². The maximum Gasteiger partial charge on any atom is 0.138 e. The Morgan fingerprint density at radius 1 is 1.09 bits per heavy atom. The molecule has 1 saturated heterocycles. The van der Waals surface area contributed by atoms with Crippen LogP contribution in [0.2, 0.25) is 5.02 Å². The zero-order valence-corrected chi connectivity index (χ0v) is 13.3. The van der Waals surface area contributed by atoms with Gasteiger partial charge in [0.2, 0.25) is 0 Å². The number of anilines is 1. The highest BCUT2D eigenvalue weighted by Gasteiger charge is 2.13. The number of fused-ring (bicyclic) bond motifs is 1. The van der Waals surface area contributed by atoms with Gasteiger partial charge in [-0.2, -0.15) is 0 Å². The molecule has 0 saturated carbocycles. The van der Waals surface area contributed by atoms with Crippen LogP contribution in [0.5, 0.6) is 0 Å². The summed E-state index contributed by atoms with van der Waals surface area (Å²) in [5.74, 6) is 0.871. The van der Waals surface area contributed by atoms with E-state index in [-0.39, 0.29) is 0 Å². The molecule has 0 aliphatic carbocycles. The summed E-state index contributed by atoms with van der Waals surface area (Å²) < 4.78 is 0. The monoisotopic (exact) mass is 311 g/mol. The molecular weight excluding hydrogens is 294 g/mol. The second-order valence-corrected chi connectivity index (χ2v) is 6.38. The van der Waals surface area contributed by atoms with E-state index in [9.17, 15) is 0 Å². The molecule has 0 unspecified atom stereocenters. The van der Waals surface area contributed by atoms with Crippen molar-refractivity contribution in [1.29, 1.82) is 0 Å². The Morgan fingerprint density at radius 2 is 1.82 bits per heavy atom. The number of aromatic amines is 1. The first-order valence-electron chi connectivity index (χ1n) is 7.72. The minimum absolute atomic E-state index is 0.700. The number of aryl methyl sites for hydroxylation is 1. The summed E-state index contributed by atoms with van der Waals surface area (Å²) in [6.07, 6.45) is 2.59.